The van der Waals surface area contributed by atoms with Crippen molar-refractivity contribution in [1.82, 2.24) is 5.32 Å². The zero-order valence-corrected chi connectivity index (χ0v) is 23.3. The van der Waals surface area contributed by atoms with Gasteiger partial charge in [-0.2, -0.15) is 0 Å². The minimum Gasteiger partial charge on any atom is -0.484 e. The molecule has 2 N–H and O–H groups in total. The number of aliphatic hydroxyl groups is 1. The number of rotatable bonds is 11. The number of nitrogens with one attached hydrogen (secondary N) is 1. The molecule has 1 aromatic heterocycles. The number of carbonyl (C=O) groups excluding carboxylic acids is 1. The van der Waals surface area contributed by atoms with Gasteiger partial charge in [0.1, 0.15) is 5.75 Å². The Morgan fingerprint density at radius 3 is 2.36 bits per heavy atom. The maximum atomic E-state index is 12.1. The fourth-order valence-electron chi connectivity index (χ4n) is 4.52. The fourth-order valence-corrected chi connectivity index (χ4v) is 6.06. The number of thiophene rings is 1. The Labute approximate surface area is 218 Å². The highest BCUT2D eigenvalue weighted by Gasteiger charge is 2.33. The Bertz CT molecular complexity index is 1100. The third-order valence-corrected chi connectivity index (χ3v) is 8.58. The van der Waals surface area contributed by atoms with Crippen LogP contribution in [0.5, 0.6) is 5.75 Å². The Morgan fingerprint density at radius 2 is 1.78 bits per heavy atom. The van der Waals surface area contributed by atoms with Gasteiger partial charge in [0.2, 0.25) is 0 Å². The number of hydrogen-bond donors (Lipinski definition) is 2. The molecule has 1 aromatic carbocycles. The number of amides is 1. The van der Waals surface area contributed by atoms with Gasteiger partial charge in [-0.25, -0.2) is 0 Å². The summed E-state index contributed by atoms with van der Waals surface area (Å²) in [5.74, 6) is 0.335. The van der Waals surface area contributed by atoms with E-state index >= 15 is 0 Å². The Balaban J connectivity index is 1.76. The van der Waals surface area contributed by atoms with Gasteiger partial charge >= 0.3 is 0 Å². The lowest BCUT2D eigenvalue weighted by atomic mass is 9.74. The van der Waals surface area contributed by atoms with Crippen LogP contribution < -0.4 is 10.1 Å². The largest absolute Gasteiger partial charge is 0.484 e. The van der Waals surface area contributed by atoms with Gasteiger partial charge in [0.15, 0.2) is 6.61 Å². The first-order chi connectivity index (χ1) is 17.0. The molecular weight excluding hydrogens is 474 g/mol. The maximum absolute atomic E-state index is 12.1. The van der Waals surface area contributed by atoms with Gasteiger partial charge in [0.05, 0.1) is 6.10 Å². The average Bonchev–Trinajstić information content (AvgIpc) is 3.47. The molecule has 2 aromatic rings. The first-order valence-electron chi connectivity index (χ1n) is 12.6. The van der Waals surface area contributed by atoms with Crippen molar-refractivity contribution in [2.45, 2.75) is 92.0 Å². The lowest BCUT2D eigenvalue weighted by molar-refractivity contribution is -0.123. The summed E-state index contributed by atoms with van der Waals surface area (Å²) in [4.78, 5) is 14.8. The minimum atomic E-state index is -0.768. The first kappa shape index (κ1) is 27.9. The van der Waals surface area contributed by atoms with Gasteiger partial charge in [0, 0.05) is 15.2 Å². The van der Waals surface area contributed by atoms with Crippen LogP contribution in [0.4, 0.5) is 0 Å². The monoisotopic (exact) mass is 513 g/mol. The molecule has 0 saturated heterocycles. The van der Waals surface area contributed by atoms with Crippen LogP contribution >= 0.6 is 11.3 Å². The van der Waals surface area contributed by atoms with Crippen LogP contribution in [0.3, 0.4) is 0 Å². The van der Waals surface area contributed by atoms with E-state index in [1.165, 1.54) is 20.9 Å². The maximum Gasteiger partial charge on any atom is 0.261 e. The van der Waals surface area contributed by atoms with Gasteiger partial charge < -0.3 is 15.2 Å². The summed E-state index contributed by atoms with van der Waals surface area (Å²) in [6.07, 6.45) is 2.50. The highest BCUT2D eigenvalue weighted by Crippen LogP contribution is 2.44. The molecular formula is C27H39N5O3S. The predicted molar refractivity (Wildman–Crippen MR) is 143 cm³/mol. The number of aryl methyl sites for hydroxylation is 3. The molecule has 0 spiro atoms. The van der Waals surface area contributed by atoms with Crippen LogP contribution in [0.1, 0.15) is 80.3 Å². The number of hydrogen-bond acceptors (Lipinski definition) is 8. The molecule has 3 rings (SSSR count). The third kappa shape index (κ3) is 6.37. The van der Waals surface area contributed by atoms with Gasteiger partial charge in [0.25, 0.3) is 12.2 Å². The molecule has 0 bridgehead atoms. The van der Waals surface area contributed by atoms with E-state index in [4.69, 9.17) is 4.74 Å². The lowest BCUT2D eigenvalue weighted by Crippen LogP contribution is -2.34. The van der Waals surface area contributed by atoms with Crippen LogP contribution in [0.15, 0.2) is 44.9 Å². The van der Waals surface area contributed by atoms with Crippen LogP contribution in [0.2, 0.25) is 0 Å². The Kier molecular flexibility index (Phi) is 9.00. The normalized spacial score (nSPS) is 14.9. The van der Waals surface area contributed by atoms with E-state index in [9.17, 15) is 9.90 Å². The van der Waals surface area contributed by atoms with Gasteiger partial charge in [-0.3, -0.25) is 4.79 Å². The summed E-state index contributed by atoms with van der Waals surface area (Å²) in [5.41, 5.74) is 3.31. The third-order valence-electron chi connectivity index (χ3n) is 7.08. The van der Waals surface area contributed by atoms with Crippen LogP contribution in [-0.4, -0.2) is 30.0 Å². The Morgan fingerprint density at radius 1 is 1.11 bits per heavy atom. The van der Waals surface area contributed by atoms with Crippen LogP contribution in [-0.2, 0) is 16.6 Å². The molecule has 0 saturated carbocycles. The van der Waals surface area contributed by atoms with Crippen molar-refractivity contribution in [2.24, 2.45) is 26.1 Å². The number of aliphatic hydroxyl groups excluding tert-OH is 1. The molecule has 1 aliphatic heterocycles. The van der Waals surface area contributed by atoms with Gasteiger partial charge in [-0.15, -0.1) is 21.6 Å². The minimum absolute atomic E-state index is 0.102. The number of ether oxygens (including phenoxy) is 1. The molecule has 1 amide bonds. The zero-order chi connectivity index (χ0) is 26.5. The Hall–Kier alpha value is -2.65. The molecule has 8 nitrogen and oxygen atoms in total. The highest BCUT2D eigenvalue weighted by molar-refractivity contribution is 7.12. The number of nitrogens with zero attached hydrogens (tertiary/aromatic N) is 4. The van der Waals surface area contributed by atoms with E-state index in [1.54, 1.807) is 0 Å². The number of benzene rings is 1. The van der Waals surface area contributed by atoms with Crippen molar-refractivity contribution in [1.29, 1.82) is 0 Å². The molecule has 36 heavy (non-hydrogen) atoms. The molecule has 196 valence electrons. The summed E-state index contributed by atoms with van der Waals surface area (Å²) < 4.78 is 5.78. The molecule has 1 unspecified atom stereocenters. The summed E-state index contributed by atoms with van der Waals surface area (Å²) >= 11 is 1.87. The van der Waals surface area contributed by atoms with Crippen molar-refractivity contribution >= 4 is 17.2 Å². The molecule has 2 heterocycles. The lowest BCUT2D eigenvalue weighted by Gasteiger charge is -2.32. The van der Waals surface area contributed by atoms with Gasteiger partial charge in [-0.1, -0.05) is 46.8 Å². The van der Waals surface area contributed by atoms with E-state index in [0.29, 0.717) is 5.75 Å². The van der Waals surface area contributed by atoms with Crippen LogP contribution in [0, 0.1) is 19.3 Å². The fraction of sp³-hybridized carbons (Fsp3) is 0.593. The second-order valence-corrected chi connectivity index (χ2v) is 11.7. The quantitative estimate of drug-likeness (QED) is 0.362. The summed E-state index contributed by atoms with van der Waals surface area (Å²) in [6, 6.07) is 8.58. The summed E-state index contributed by atoms with van der Waals surface area (Å²) in [5, 5.41) is 27.2. The van der Waals surface area contributed by atoms with Crippen molar-refractivity contribution in [3.63, 3.8) is 0 Å². The standard InChI is InChI=1S/C27H39N5O3S/c1-8-27(9-2,23-15-18(4)21(36-23)12-13-22(33)26(5,6)7)19-10-11-20(17(3)14-19)35-16-24(34)28-25-29-31-32-30-25/h10-11,14-15,22,25,33H,8-9,12-13,16H2,1-7H3,(H,28,34). The topological polar surface area (TPSA) is 108 Å². The van der Waals surface area contributed by atoms with E-state index in [-0.39, 0.29) is 29.4 Å². The molecule has 0 aliphatic carbocycles. The molecule has 1 aliphatic rings. The van der Waals surface area contributed by atoms with Crippen molar-refractivity contribution in [3.05, 3.63) is 50.7 Å². The molecule has 9 heteroatoms. The summed E-state index contributed by atoms with van der Waals surface area (Å²) in [7, 11) is 0. The van der Waals surface area contributed by atoms with Gasteiger partial charge in [-0.05, 0) is 84.2 Å². The number of carbonyl (C=O) groups is 1. The van der Waals surface area contributed by atoms with E-state index < -0.39 is 6.29 Å². The smallest absolute Gasteiger partial charge is 0.261 e. The molecule has 1 atom stereocenters. The summed E-state index contributed by atoms with van der Waals surface area (Å²) in [6.45, 7) is 14.8. The van der Waals surface area contributed by atoms with Crippen molar-refractivity contribution in [3.8, 4) is 5.75 Å². The first-order valence-corrected chi connectivity index (χ1v) is 13.4. The SMILES string of the molecule is CCC(CC)(c1ccc(OCC(=O)NC2N=NN=N2)c(C)c1)c1cc(C)c(CCC(O)C(C)(C)C)s1. The molecule has 0 fully saturated rings. The average molecular weight is 514 g/mol. The second-order valence-electron chi connectivity index (χ2n) is 10.5. The van der Waals surface area contributed by atoms with Crippen molar-refractivity contribution in [2.75, 3.05) is 6.61 Å². The predicted octanol–water partition coefficient (Wildman–Crippen LogP) is 6.42. The van der Waals surface area contributed by atoms with E-state index in [0.717, 1.165) is 31.2 Å². The molecule has 0 radical (unpaired) electrons. The van der Waals surface area contributed by atoms with E-state index in [2.05, 4.69) is 85.7 Å². The van der Waals surface area contributed by atoms with E-state index in [1.807, 2.05) is 24.3 Å². The zero-order valence-electron chi connectivity index (χ0n) is 22.5. The highest BCUT2D eigenvalue weighted by atomic mass is 32.1. The van der Waals surface area contributed by atoms with Crippen LogP contribution in [0.25, 0.3) is 0 Å². The second kappa shape index (κ2) is 11.6. The van der Waals surface area contributed by atoms with Crippen molar-refractivity contribution < 1.29 is 14.6 Å².